The second-order valence-corrected chi connectivity index (χ2v) is 9.74. The molecule has 12 heteroatoms. The Kier molecular flexibility index (Phi) is 10.2. The minimum Gasteiger partial charge on any atom is -0.463 e. The first kappa shape index (κ1) is 28.8. The molecule has 0 bridgehead atoms. The van der Waals surface area contributed by atoms with Crippen molar-refractivity contribution in [3.8, 4) is 0 Å². The molecule has 0 aromatic heterocycles. The first-order chi connectivity index (χ1) is 17.6. The lowest BCUT2D eigenvalue weighted by molar-refractivity contribution is -0.295. The summed E-state index contributed by atoms with van der Waals surface area (Å²) in [6.45, 7) is 2.01. The van der Waals surface area contributed by atoms with Gasteiger partial charge in [0.2, 0.25) is 0 Å². The van der Waals surface area contributed by atoms with Crippen LogP contribution in [0.5, 0.6) is 0 Å². The van der Waals surface area contributed by atoms with E-state index in [0.717, 1.165) is 15.9 Å². The van der Waals surface area contributed by atoms with Gasteiger partial charge in [0.15, 0.2) is 24.6 Å². The van der Waals surface area contributed by atoms with E-state index in [1.54, 1.807) is 24.3 Å². The second kappa shape index (κ2) is 13.1. The maximum Gasteiger partial charge on any atom is 0.338 e. The first-order valence-electron chi connectivity index (χ1n) is 11.0. The molecule has 1 heterocycles. The highest BCUT2D eigenvalue weighted by molar-refractivity contribution is 9.10. The van der Waals surface area contributed by atoms with Crippen LogP contribution in [0.25, 0.3) is 0 Å². The molecule has 1 aliphatic heterocycles. The van der Waals surface area contributed by atoms with Gasteiger partial charge in [0.1, 0.15) is 12.7 Å². The number of carbonyl (C=O) groups is 4. The van der Waals surface area contributed by atoms with Crippen molar-refractivity contribution in [1.82, 2.24) is 0 Å². The summed E-state index contributed by atoms with van der Waals surface area (Å²) >= 11 is 6.60. The Morgan fingerprint density at radius 3 is 1.65 bits per heavy atom. The molecule has 0 radical (unpaired) electrons. The Labute approximate surface area is 229 Å². The molecule has 0 amide bonds. The second-order valence-electron chi connectivity index (χ2n) is 7.91. The standard InChI is InChI=1S/C25H24Br2O10/c1-13(28)33-12-19-20(34-14(2)29)21(36-23(30)15-4-8-17(26)9-5-15)22(25(32-3)35-19)37-24(31)16-6-10-18(27)11-7-16/h4-11,19-22,25H,12H2,1-3H3/t19-,20-,21+,22-,25+/m1/s1. The molecule has 1 saturated heterocycles. The maximum atomic E-state index is 13.1. The number of esters is 4. The highest BCUT2D eigenvalue weighted by Gasteiger charge is 2.53. The van der Waals surface area contributed by atoms with Crippen LogP contribution >= 0.6 is 31.9 Å². The van der Waals surface area contributed by atoms with Gasteiger partial charge in [0.25, 0.3) is 0 Å². The van der Waals surface area contributed by atoms with Crippen LogP contribution in [-0.2, 0) is 38.0 Å². The van der Waals surface area contributed by atoms with Crippen LogP contribution in [0.1, 0.15) is 34.6 Å². The predicted molar refractivity (Wildman–Crippen MR) is 135 cm³/mol. The van der Waals surface area contributed by atoms with Crippen LogP contribution < -0.4 is 0 Å². The molecule has 2 aromatic rings. The molecule has 0 spiro atoms. The molecule has 0 saturated carbocycles. The topological polar surface area (TPSA) is 124 Å². The minimum atomic E-state index is -1.38. The van der Waals surface area contributed by atoms with E-state index >= 15 is 0 Å². The molecule has 2 aromatic carbocycles. The Morgan fingerprint density at radius 1 is 0.730 bits per heavy atom. The van der Waals surface area contributed by atoms with Crippen molar-refractivity contribution < 1.29 is 47.6 Å². The fourth-order valence-electron chi connectivity index (χ4n) is 3.55. The van der Waals surface area contributed by atoms with Gasteiger partial charge >= 0.3 is 23.9 Å². The van der Waals surface area contributed by atoms with Crippen molar-refractivity contribution >= 4 is 55.7 Å². The molecule has 3 rings (SSSR count). The van der Waals surface area contributed by atoms with Crippen molar-refractivity contribution in [3.05, 3.63) is 68.6 Å². The van der Waals surface area contributed by atoms with Crippen LogP contribution in [0.4, 0.5) is 0 Å². The van der Waals surface area contributed by atoms with Gasteiger partial charge < -0.3 is 28.4 Å². The summed E-state index contributed by atoms with van der Waals surface area (Å²) in [5.41, 5.74) is 0.405. The normalized spacial score (nSPS) is 23.0. The van der Waals surface area contributed by atoms with Crippen molar-refractivity contribution in [2.24, 2.45) is 0 Å². The number of benzene rings is 2. The summed E-state index contributed by atoms with van der Waals surface area (Å²) in [5, 5.41) is 0. The predicted octanol–water partition coefficient (Wildman–Crippen LogP) is 3.83. The summed E-state index contributed by atoms with van der Waals surface area (Å²) < 4.78 is 34.7. The molecule has 5 atom stereocenters. The van der Waals surface area contributed by atoms with Crippen molar-refractivity contribution in [2.75, 3.05) is 13.7 Å². The maximum absolute atomic E-state index is 13.1. The molecule has 198 valence electrons. The number of ether oxygens (including phenoxy) is 6. The fourth-order valence-corrected chi connectivity index (χ4v) is 4.08. The first-order valence-corrected chi connectivity index (χ1v) is 12.6. The lowest BCUT2D eigenvalue weighted by Crippen LogP contribution is -2.62. The third kappa shape index (κ3) is 7.84. The number of carbonyl (C=O) groups excluding carboxylic acids is 4. The van der Waals surface area contributed by atoms with Crippen LogP contribution in [0.2, 0.25) is 0 Å². The quantitative estimate of drug-likeness (QED) is 0.310. The van der Waals surface area contributed by atoms with E-state index in [0.29, 0.717) is 0 Å². The third-order valence-corrected chi connectivity index (χ3v) is 6.28. The molecule has 1 aliphatic rings. The number of rotatable bonds is 8. The number of hydrogen-bond donors (Lipinski definition) is 0. The third-order valence-electron chi connectivity index (χ3n) is 5.22. The van der Waals surface area contributed by atoms with Gasteiger partial charge in [-0.1, -0.05) is 31.9 Å². The van der Waals surface area contributed by atoms with E-state index in [2.05, 4.69) is 31.9 Å². The van der Waals surface area contributed by atoms with Gasteiger partial charge in [-0.15, -0.1) is 0 Å². The van der Waals surface area contributed by atoms with E-state index in [9.17, 15) is 19.2 Å². The largest absolute Gasteiger partial charge is 0.463 e. The zero-order valence-corrected chi connectivity index (χ0v) is 23.2. The SMILES string of the molecule is CO[C@H]1O[C@H](COC(C)=O)[C@@H](OC(C)=O)[C@H](OC(=O)c2ccc(Br)cc2)[C@H]1OC(=O)c1ccc(Br)cc1. The summed E-state index contributed by atoms with van der Waals surface area (Å²) in [6.07, 6.45) is -6.37. The van der Waals surface area contributed by atoms with Crippen molar-refractivity contribution in [1.29, 1.82) is 0 Å². The average molecular weight is 644 g/mol. The molecule has 37 heavy (non-hydrogen) atoms. The molecule has 1 fully saturated rings. The van der Waals surface area contributed by atoms with E-state index in [4.69, 9.17) is 28.4 Å². The fraction of sp³-hybridized carbons (Fsp3) is 0.360. The lowest BCUT2D eigenvalue weighted by Gasteiger charge is -2.43. The Bertz CT molecular complexity index is 1120. The van der Waals surface area contributed by atoms with E-state index in [1.165, 1.54) is 38.3 Å². The molecule has 0 N–H and O–H groups in total. The Balaban J connectivity index is 1.98. The van der Waals surface area contributed by atoms with E-state index in [1.807, 2.05) is 0 Å². The Morgan fingerprint density at radius 2 is 1.22 bits per heavy atom. The highest BCUT2D eigenvalue weighted by Crippen LogP contribution is 2.31. The zero-order valence-electron chi connectivity index (χ0n) is 20.1. The van der Waals surface area contributed by atoms with Gasteiger partial charge in [0.05, 0.1) is 11.1 Å². The monoisotopic (exact) mass is 642 g/mol. The summed E-state index contributed by atoms with van der Waals surface area (Å²) in [5.74, 6) is -2.86. The molecule has 0 unspecified atom stereocenters. The van der Waals surface area contributed by atoms with Gasteiger partial charge in [-0.2, -0.15) is 0 Å². The van der Waals surface area contributed by atoms with E-state index in [-0.39, 0.29) is 17.7 Å². The average Bonchev–Trinajstić information content (AvgIpc) is 2.85. The van der Waals surface area contributed by atoms with E-state index < -0.39 is 54.6 Å². The van der Waals surface area contributed by atoms with Crippen LogP contribution in [0.15, 0.2) is 57.5 Å². The van der Waals surface area contributed by atoms with Crippen LogP contribution in [0.3, 0.4) is 0 Å². The molecule has 0 aliphatic carbocycles. The van der Waals surface area contributed by atoms with Crippen molar-refractivity contribution in [3.63, 3.8) is 0 Å². The number of hydrogen-bond acceptors (Lipinski definition) is 10. The summed E-state index contributed by atoms with van der Waals surface area (Å²) in [7, 11) is 1.30. The minimum absolute atomic E-state index is 0.194. The smallest absolute Gasteiger partial charge is 0.338 e. The van der Waals surface area contributed by atoms with Gasteiger partial charge in [-0.3, -0.25) is 9.59 Å². The summed E-state index contributed by atoms with van der Waals surface area (Å²) in [4.78, 5) is 49.5. The number of methoxy groups -OCH3 is 1. The van der Waals surface area contributed by atoms with Crippen LogP contribution in [-0.4, -0.2) is 68.3 Å². The zero-order chi connectivity index (χ0) is 27.1. The van der Waals surface area contributed by atoms with Gasteiger partial charge in [-0.25, -0.2) is 9.59 Å². The number of halogens is 2. The Hall–Kier alpha value is -2.80. The van der Waals surface area contributed by atoms with Gasteiger partial charge in [0, 0.05) is 29.9 Å². The highest BCUT2D eigenvalue weighted by atomic mass is 79.9. The molecular formula is C25H24Br2O10. The van der Waals surface area contributed by atoms with Crippen LogP contribution in [0, 0.1) is 0 Å². The molecule has 10 nitrogen and oxygen atoms in total. The van der Waals surface area contributed by atoms with Gasteiger partial charge in [-0.05, 0) is 48.5 Å². The summed E-state index contributed by atoms with van der Waals surface area (Å²) in [6, 6.07) is 12.7. The van der Waals surface area contributed by atoms with Crippen molar-refractivity contribution in [2.45, 2.75) is 44.6 Å². The molecular weight excluding hydrogens is 620 g/mol. The lowest BCUT2D eigenvalue weighted by atomic mass is 9.98.